The first-order valence-electron chi connectivity index (χ1n) is 9.21. The van der Waals surface area contributed by atoms with Gasteiger partial charge >= 0.3 is 0 Å². The molecule has 2 atom stereocenters. The van der Waals surface area contributed by atoms with Crippen molar-refractivity contribution in [3.8, 4) is 11.5 Å². The third-order valence-electron chi connectivity index (χ3n) is 4.67. The van der Waals surface area contributed by atoms with E-state index in [0.29, 0.717) is 5.75 Å². The van der Waals surface area contributed by atoms with Crippen LogP contribution in [-0.2, 0) is 4.79 Å². The van der Waals surface area contributed by atoms with E-state index in [1.807, 2.05) is 73.7 Å². The maximum atomic E-state index is 12.7. The van der Waals surface area contributed by atoms with Crippen LogP contribution in [0.25, 0.3) is 10.8 Å². The summed E-state index contributed by atoms with van der Waals surface area (Å²) in [5.41, 5.74) is 1.05. The average molecular weight is 363 g/mol. The number of rotatable bonds is 7. The lowest BCUT2D eigenvalue weighted by Crippen LogP contribution is -2.38. The van der Waals surface area contributed by atoms with Crippen molar-refractivity contribution < 1.29 is 14.3 Å². The van der Waals surface area contributed by atoms with Crippen molar-refractivity contribution in [2.24, 2.45) is 0 Å². The fraction of sp³-hybridized carbons (Fsp3) is 0.261. The number of hydrogen-bond donors (Lipinski definition) is 1. The normalized spacial score (nSPS) is 13.0. The average Bonchev–Trinajstić information content (AvgIpc) is 2.72. The Labute approximate surface area is 160 Å². The van der Waals surface area contributed by atoms with Gasteiger partial charge in [0.2, 0.25) is 0 Å². The molecule has 1 amide bonds. The number of fused-ring (bicyclic) bond motifs is 1. The van der Waals surface area contributed by atoms with E-state index in [9.17, 15) is 4.79 Å². The van der Waals surface area contributed by atoms with E-state index < -0.39 is 6.10 Å². The number of amides is 1. The van der Waals surface area contributed by atoms with Gasteiger partial charge in [-0.3, -0.25) is 4.79 Å². The molecule has 0 aliphatic heterocycles. The molecule has 1 N–H and O–H groups in total. The molecule has 0 spiro atoms. The third-order valence-corrected chi connectivity index (χ3v) is 4.67. The van der Waals surface area contributed by atoms with Gasteiger partial charge in [0.1, 0.15) is 11.5 Å². The lowest BCUT2D eigenvalue weighted by molar-refractivity contribution is -0.128. The lowest BCUT2D eigenvalue weighted by atomic mass is 10.0. The molecule has 0 aromatic heterocycles. The molecule has 3 rings (SSSR count). The van der Waals surface area contributed by atoms with Crippen molar-refractivity contribution in [2.45, 2.75) is 32.4 Å². The van der Waals surface area contributed by atoms with Gasteiger partial charge in [-0.2, -0.15) is 0 Å². The largest absolute Gasteiger partial charge is 0.497 e. The molecule has 0 saturated heterocycles. The number of ether oxygens (including phenoxy) is 2. The van der Waals surface area contributed by atoms with Crippen molar-refractivity contribution >= 4 is 16.7 Å². The monoisotopic (exact) mass is 363 g/mol. The zero-order valence-electron chi connectivity index (χ0n) is 15.9. The van der Waals surface area contributed by atoms with Crippen LogP contribution >= 0.6 is 0 Å². The fourth-order valence-corrected chi connectivity index (χ4v) is 3.09. The third kappa shape index (κ3) is 4.40. The van der Waals surface area contributed by atoms with E-state index in [4.69, 9.17) is 9.47 Å². The zero-order valence-corrected chi connectivity index (χ0v) is 15.9. The van der Waals surface area contributed by atoms with Gasteiger partial charge in [-0.15, -0.1) is 0 Å². The van der Waals surface area contributed by atoms with Crippen LogP contribution in [0.4, 0.5) is 0 Å². The number of carbonyl (C=O) groups is 1. The predicted octanol–water partition coefficient (Wildman–Crippen LogP) is 4.88. The Morgan fingerprint density at radius 2 is 1.70 bits per heavy atom. The van der Waals surface area contributed by atoms with Gasteiger partial charge in [0, 0.05) is 5.39 Å². The summed E-state index contributed by atoms with van der Waals surface area (Å²) in [6.07, 6.45) is 0.196. The Bertz CT molecular complexity index is 900. The lowest BCUT2D eigenvalue weighted by Gasteiger charge is -2.21. The standard InChI is InChI=1S/C23H25NO3/c1-4-21(18-12-14-19(26-3)15-13-18)24-23(25)16(2)27-22-11-7-9-17-8-5-6-10-20(17)22/h5-16,21H,4H2,1-3H3,(H,24,25). The molecule has 3 aromatic rings. The van der Waals surface area contributed by atoms with Gasteiger partial charge < -0.3 is 14.8 Å². The molecule has 0 radical (unpaired) electrons. The summed E-state index contributed by atoms with van der Waals surface area (Å²) in [5.74, 6) is 1.38. The van der Waals surface area contributed by atoms with Crippen LogP contribution in [0.3, 0.4) is 0 Å². The molecule has 140 valence electrons. The van der Waals surface area contributed by atoms with Crippen molar-refractivity contribution in [1.82, 2.24) is 5.32 Å². The van der Waals surface area contributed by atoms with Crippen LogP contribution in [0.2, 0.25) is 0 Å². The van der Waals surface area contributed by atoms with E-state index >= 15 is 0 Å². The number of carbonyl (C=O) groups excluding carboxylic acids is 1. The second kappa shape index (κ2) is 8.58. The SMILES string of the molecule is CCC(NC(=O)C(C)Oc1cccc2ccccc12)c1ccc(OC)cc1. The van der Waals surface area contributed by atoms with E-state index in [1.165, 1.54) is 0 Å². The maximum absolute atomic E-state index is 12.7. The van der Waals surface area contributed by atoms with Gasteiger partial charge in [0.25, 0.3) is 5.91 Å². The van der Waals surface area contributed by atoms with E-state index in [2.05, 4.69) is 5.32 Å². The van der Waals surface area contributed by atoms with Crippen LogP contribution in [0.1, 0.15) is 31.9 Å². The fourth-order valence-electron chi connectivity index (χ4n) is 3.09. The maximum Gasteiger partial charge on any atom is 0.261 e. The van der Waals surface area contributed by atoms with Crippen molar-refractivity contribution in [1.29, 1.82) is 0 Å². The van der Waals surface area contributed by atoms with Crippen molar-refractivity contribution in [3.63, 3.8) is 0 Å². The zero-order chi connectivity index (χ0) is 19.2. The highest BCUT2D eigenvalue weighted by Gasteiger charge is 2.20. The van der Waals surface area contributed by atoms with Crippen LogP contribution in [0.5, 0.6) is 11.5 Å². The highest BCUT2D eigenvalue weighted by Crippen LogP contribution is 2.26. The molecule has 0 saturated carbocycles. The molecule has 0 fully saturated rings. The van der Waals surface area contributed by atoms with Crippen LogP contribution < -0.4 is 14.8 Å². The topological polar surface area (TPSA) is 47.6 Å². The van der Waals surface area contributed by atoms with Gasteiger partial charge in [0.15, 0.2) is 6.10 Å². The van der Waals surface area contributed by atoms with Crippen molar-refractivity contribution in [3.05, 3.63) is 72.3 Å². The molecular formula is C23H25NO3. The molecule has 4 heteroatoms. The Morgan fingerprint density at radius 3 is 2.41 bits per heavy atom. The molecule has 4 nitrogen and oxygen atoms in total. The summed E-state index contributed by atoms with van der Waals surface area (Å²) < 4.78 is 11.2. The number of hydrogen-bond acceptors (Lipinski definition) is 3. The highest BCUT2D eigenvalue weighted by atomic mass is 16.5. The minimum absolute atomic E-state index is 0.0676. The molecule has 0 bridgehead atoms. The van der Waals surface area contributed by atoms with Gasteiger partial charge in [-0.25, -0.2) is 0 Å². The summed E-state index contributed by atoms with van der Waals surface area (Å²) in [6, 6.07) is 21.5. The number of benzene rings is 3. The Kier molecular flexibility index (Phi) is 5.97. The first kappa shape index (κ1) is 18.8. The van der Waals surface area contributed by atoms with E-state index in [0.717, 1.165) is 28.5 Å². The summed E-state index contributed by atoms with van der Waals surface area (Å²) in [6.45, 7) is 3.82. The minimum Gasteiger partial charge on any atom is -0.497 e. The first-order chi connectivity index (χ1) is 13.1. The van der Waals surface area contributed by atoms with Crippen LogP contribution in [0, 0.1) is 0 Å². The smallest absolute Gasteiger partial charge is 0.261 e. The summed E-state index contributed by atoms with van der Waals surface area (Å²) in [7, 11) is 1.64. The quantitative estimate of drug-likeness (QED) is 0.650. The number of nitrogens with one attached hydrogen (secondary N) is 1. The Balaban J connectivity index is 1.70. The molecule has 27 heavy (non-hydrogen) atoms. The summed E-state index contributed by atoms with van der Waals surface area (Å²) in [4.78, 5) is 12.7. The Morgan fingerprint density at radius 1 is 1.00 bits per heavy atom. The van der Waals surface area contributed by atoms with E-state index in [-0.39, 0.29) is 11.9 Å². The predicted molar refractivity (Wildman–Crippen MR) is 108 cm³/mol. The van der Waals surface area contributed by atoms with Crippen LogP contribution in [0.15, 0.2) is 66.7 Å². The van der Waals surface area contributed by atoms with Gasteiger partial charge in [-0.05, 0) is 42.5 Å². The molecular weight excluding hydrogens is 338 g/mol. The Hall–Kier alpha value is -3.01. The summed E-state index contributed by atoms with van der Waals surface area (Å²) >= 11 is 0. The minimum atomic E-state index is -0.594. The second-order valence-electron chi connectivity index (χ2n) is 6.48. The molecule has 0 heterocycles. The van der Waals surface area contributed by atoms with Gasteiger partial charge in [0.05, 0.1) is 13.2 Å². The number of methoxy groups -OCH3 is 1. The van der Waals surface area contributed by atoms with Crippen molar-refractivity contribution in [2.75, 3.05) is 7.11 Å². The molecule has 0 aliphatic carbocycles. The highest BCUT2D eigenvalue weighted by molar-refractivity contribution is 5.89. The van der Waals surface area contributed by atoms with Gasteiger partial charge in [-0.1, -0.05) is 55.5 Å². The van der Waals surface area contributed by atoms with E-state index in [1.54, 1.807) is 14.0 Å². The molecule has 3 aromatic carbocycles. The van der Waals surface area contributed by atoms with Crippen LogP contribution in [-0.4, -0.2) is 19.1 Å². The molecule has 2 unspecified atom stereocenters. The first-order valence-corrected chi connectivity index (χ1v) is 9.21. The summed E-state index contributed by atoms with van der Waals surface area (Å²) in [5, 5.41) is 5.18. The second-order valence-corrected chi connectivity index (χ2v) is 6.48. The molecule has 0 aliphatic rings.